The van der Waals surface area contributed by atoms with Gasteiger partial charge in [-0.1, -0.05) is 11.3 Å². The van der Waals surface area contributed by atoms with Gasteiger partial charge in [0.25, 0.3) is 4.83 Å². The van der Waals surface area contributed by atoms with E-state index >= 15 is 0 Å². The lowest BCUT2D eigenvalue weighted by Crippen LogP contribution is -2.16. The largest absolute Gasteiger partial charge is 0.396 e. The summed E-state index contributed by atoms with van der Waals surface area (Å²) in [6.07, 6.45) is 4.70. The molecule has 0 aromatic carbocycles. The zero-order chi connectivity index (χ0) is 12.0. The molecule has 0 unspecified atom stereocenters. The predicted octanol–water partition coefficient (Wildman–Crippen LogP) is 2.36. The van der Waals surface area contributed by atoms with Gasteiger partial charge in [-0.2, -0.15) is 10.2 Å². The number of nitrogens with two attached hydrogens (primary N) is 1. The summed E-state index contributed by atoms with van der Waals surface area (Å²) >= 11 is 1.47. The minimum absolute atomic E-state index is 0.634. The number of thiophene rings is 1. The molecule has 0 bridgehead atoms. The van der Waals surface area contributed by atoms with Crippen LogP contribution in [0.3, 0.4) is 0 Å². The number of anilines is 1. The number of H-pyrrole nitrogens is 1. The van der Waals surface area contributed by atoms with E-state index in [0.29, 0.717) is 10.6 Å². The summed E-state index contributed by atoms with van der Waals surface area (Å²) in [5.41, 5.74) is 10.8. The molecule has 0 aliphatic heterocycles. The van der Waals surface area contributed by atoms with Crippen LogP contribution in [0.25, 0.3) is 10.2 Å². The Hall–Kier alpha value is -1.60. The molecule has 2 aromatic heterocycles. The van der Waals surface area contributed by atoms with Crippen LogP contribution >= 0.6 is 11.3 Å². The van der Waals surface area contributed by atoms with Gasteiger partial charge in [-0.15, -0.1) is 0 Å². The minimum Gasteiger partial charge on any atom is -0.396 e. The van der Waals surface area contributed by atoms with Crippen molar-refractivity contribution in [2.24, 2.45) is 0 Å². The topological polar surface area (TPSA) is 64.0 Å². The van der Waals surface area contributed by atoms with Crippen molar-refractivity contribution in [1.82, 2.24) is 0 Å². The van der Waals surface area contributed by atoms with Gasteiger partial charge < -0.3 is 5.73 Å². The van der Waals surface area contributed by atoms with Crippen LogP contribution in [-0.4, -0.2) is 0 Å². The van der Waals surface area contributed by atoms with Gasteiger partial charge in [0.2, 0.25) is 0 Å². The Bertz CT molecular complexity index is 649. The van der Waals surface area contributed by atoms with Crippen molar-refractivity contribution in [3.63, 3.8) is 0 Å². The third-order valence-corrected chi connectivity index (χ3v) is 4.60. The average molecular weight is 244 g/mol. The zero-order valence-corrected chi connectivity index (χ0v) is 10.6. The highest BCUT2D eigenvalue weighted by atomic mass is 32.1. The molecular weight excluding hydrogens is 230 g/mol. The van der Waals surface area contributed by atoms with E-state index in [4.69, 9.17) is 11.0 Å². The Morgan fingerprint density at radius 2 is 2.00 bits per heavy atom. The van der Waals surface area contributed by atoms with Crippen molar-refractivity contribution in [3.8, 4) is 6.07 Å². The van der Waals surface area contributed by atoms with Crippen molar-refractivity contribution < 1.29 is 4.98 Å². The van der Waals surface area contributed by atoms with Crippen molar-refractivity contribution in [2.45, 2.75) is 32.6 Å². The second-order valence-electron chi connectivity index (χ2n) is 4.58. The molecule has 2 heterocycles. The fourth-order valence-electron chi connectivity index (χ4n) is 2.76. The first-order valence-corrected chi connectivity index (χ1v) is 6.69. The van der Waals surface area contributed by atoms with E-state index in [-0.39, 0.29) is 0 Å². The maximum atomic E-state index is 9.06. The Kier molecular flexibility index (Phi) is 2.30. The number of nitrogens with zero attached hydrogens (tertiary/aromatic N) is 1. The Morgan fingerprint density at radius 3 is 2.71 bits per heavy atom. The number of aromatic nitrogens is 1. The number of hydrogen-bond acceptors (Lipinski definition) is 3. The van der Waals surface area contributed by atoms with Crippen LogP contribution in [0, 0.1) is 18.3 Å². The first-order chi connectivity index (χ1) is 8.22. The molecule has 3 rings (SSSR count). The molecule has 1 aliphatic carbocycles. The van der Waals surface area contributed by atoms with Gasteiger partial charge in [0.05, 0.1) is 11.1 Å². The minimum atomic E-state index is 0.634. The van der Waals surface area contributed by atoms with Gasteiger partial charge in [0.15, 0.2) is 5.69 Å². The Balaban J connectivity index is 2.43. The molecule has 0 atom stereocenters. The van der Waals surface area contributed by atoms with Crippen LogP contribution in [0.1, 0.15) is 34.5 Å². The van der Waals surface area contributed by atoms with E-state index in [1.807, 2.05) is 0 Å². The number of rotatable bonds is 0. The van der Waals surface area contributed by atoms with E-state index < -0.39 is 0 Å². The van der Waals surface area contributed by atoms with Crippen LogP contribution in [0.15, 0.2) is 0 Å². The molecule has 0 amide bonds. The Labute approximate surface area is 104 Å². The summed E-state index contributed by atoms with van der Waals surface area (Å²) in [4.78, 5) is 5.09. The van der Waals surface area contributed by atoms with Crippen molar-refractivity contribution in [2.75, 3.05) is 5.73 Å². The molecule has 17 heavy (non-hydrogen) atoms. The number of nitriles is 1. The van der Waals surface area contributed by atoms with Gasteiger partial charge in [0.1, 0.15) is 10.9 Å². The number of nitrogens with one attached hydrogen (secondary N) is 1. The number of pyridine rings is 1. The second kappa shape index (κ2) is 3.71. The van der Waals surface area contributed by atoms with Gasteiger partial charge in [-0.3, -0.25) is 0 Å². The van der Waals surface area contributed by atoms with Crippen LogP contribution < -0.4 is 10.7 Å². The van der Waals surface area contributed by atoms with Crippen LogP contribution in [0.5, 0.6) is 0 Å². The van der Waals surface area contributed by atoms with Crippen molar-refractivity contribution >= 4 is 27.2 Å². The molecule has 3 N–H and O–H groups in total. The smallest absolute Gasteiger partial charge is 0.271 e. The first-order valence-electron chi connectivity index (χ1n) is 5.88. The molecular formula is C13H14N3S+. The van der Waals surface area contributed by atoms with Crippen molar-refractivity contribution in [1.29, 1.82) is 5.26 Å². The number of hydrogen-bond donors (Lipinski definition) is 1. The molecule has 2 aromatic rings. The number of aromatic amines is 1. The maximum absolute atomic E-state index is 9.06. The number of aryl methyl sites for hydroxylation is 2. The summed E-state index contributed by atoms with van der Waals surface area (Å²) in [7, 11) is 0. The van der Waals surface area contributed by atoms with Gasteiger partial charge in [0, 0.05) is 12.5 Å². The van der Waals surface area contributed by atoms with E-state index in [1.165, 1.54) is 41.0 Å². The predicted molar refractivity (Wildman–Crippen MR) is 68.9 cm³/mol. The molecule has 1 aliphatic rings. The third-order valence-electron chi connectivity index (χ3n) is 3.57. The molecule has 3 nitrogen and oxygen atoms in total. The Morgan fingerprint density at radius 1 is 1.29 bits per heavy atom. The standard InChI is InChI=1S/C13H13N3S/c1-7-8-4-2-3-5-9(8)11-12(15)10(6-14)17-13(11)16-7/h2-5,15H2,1H3/p+1. The fraction of sp³-hybridized carbons (Fsp3) is 0.385. The zero-order valence-electron chi connectivity index (χ0n) is 9.76. The number of fused-ring (bicyclic) bond motifs is 3. The highest BCUT2D eigenvalue weighted by molar-refractivity contribution is 7.19. The third kappa shape index (κ3) is 1.43. The second-order valence-corrected chi connectivity index (χ2v) is 5.60. The molecule has 0 saturated carbocycles. The average Bonchev–Trinajstić information content (AvgIpc) is 2.66. The van der Waals surface area contributed by atoms with Gasteiger partial charge in [-0.25, -0.2) is 0 Å². The SMILES string of the molecule is Cc1[nH+]c2sc(C#N)c(N)c2c2c1CCCC2. The molecule has 0 saturated heterocycles. The lowest BCUT2D eigenvalue weighted by molar-refractivity contribution is -0.352. The first kappa shape index (κ1) is 10.5. The van der Waals surface area contributed by atoms with E-state index in [9.17, 15) is 0 Å². The summed E-state index contributed by atoms with van der Waals surface area (Å²) in [5.74, 6) is 0. The number of nitrogen functional groups attached to an aromatic ring is 1. The van der Waals surface area contributed by atoms with Crippen LogP contribution in [0.2, 0.25) is 0 Å². The maximum Gasteiger partial charge on any atom is 0.271 e. The summed E-state index contributed by atoms with van der Waals surface area (Å²) in [5, 5.41) is 10.2. The monoisotopic (exact) mass is 244 g/mol. The lowest BCUT2D eigenvalue weighted by atomic mass is 9.89. The molecule has 0 fully saturated rings. The van der Waals surface area contributed by atoms with Gasteiger partial charge in [-0.05, 0) is 31.2 Å². The normalized spacial score (nSPS) is 14.6. The molecule has 86 valence electrons. The van der Waals surface area contributed by atoms with E-state index in [0.717, 1.165) is 23.1 Å². The molecule has 0 spiro atoms. The summed E-state index contributed by atoms with van der Waals surface area (Å²) in [6.45, 7) is 2.12. The fourth-order valence-corrected chi connectivity index (χ4v) is 3.76. The summed E-state index contributed by atoms with van der Waals surface area (Å²) in [6, 6.07) is 2.18. The summed E-state index contributed by atoms with van der Waals surface area (Å²) < 4.78 is 0. The molecule has 0 radical (unpaired) electrons. The van der Waals surface area contributed by atoms with Crippen LogP contribution in [0.4, 0.5) is 5.69 Å². The van der Waals surface area contributed by atoms with E-state index in [2.05, 4.69) is 18.0 Å². The highest BCUT2D eigenvalue weighted by Gasteiger charge is 2.25. The van der Waals surface area contributed by atoms with Crippen LogP contribution in [-0.2, 0) is 12.8 Å². The lowest BCUT2D eigenvalue weighted by Gasteiger charge is -2.15. The van der Waals surface area contributed by atoms with Gasteiger partial charge >= 0.3 is 0 Å². The quantitative estimate of drug-likeness (QED) is 0.773. The highest BCUT2D eigenvalue weighted by Crippen LogP contribution is 2.37. The van der Waals surface area contributed by atoms with Crippen molar-refractivity contribution in [3.05, 3.63) is 21.7 Å². The van der Waals surface area contributed by atoms with E-state index in [1.54, 1.807) is 0 Å². The molecule has 4 heteroatoms.